The van der Waals surface area contributed by atoms with E-state index in [1.807, 2.05) is 30.3 Å². The van der Waals surface area contributed by atoms with Gasteiger partial charge in [-0.2, -0.15) is 5.26 Å². The fraction of sp³-hybridized carbons (Fsp3) is 0.222. The second-order valence-corrected chi connectivity index (χ2v) is 4.83. The van der Waals surface area contributed by atoms with E-state index in [1.165, 1.54) is 24.5 Å². The summed E-state index contributed by atoms with van der Waals surface area (Å²) in [6.07, 6.45) is 4.13. The van der Waals surface area contributed by atoms with Crippen LogP contribution in [0.15, 0.2) is 42.5 Å². The molecular formula is C18H17NO2. The Morgan fingerprint density at radius 3 is 2.57 bits per heavy atom. The summed E-state index contributed by atoms with van der Waals surface area (Å²) in [6, 6.07) is 14.7. The number of rotatable bonds is 6. The van der Waals surface area contributed by atoms with Crippen molar-refractivity contribution < 1.29 is 9.53 Å². The highest BCUT2D eigenvalue weighted by atomic mass is 16.5. The minimum absolute atomic E-state index is 0.356. The van der Waals surface area contributed by atoms with Gasteiger partial charge in [-0.15, -0.1) is 0 Å². The van der Waals surface area contributed by atoms with Crippen LogP contribution in [0.5, 0.6) is 11.5 Å². The van der Waals surface area contributed by atoms with Crippen LogP contribution in [0.4, 0.5) is 0 Å². The van der Waals surface area contributed by atoms with Gasteiger partial charge in [0.2, 0.25) is 0 Å². The number of nitrogens with zero attached hydrogens (tertiary/aromatic N) is 1. The Balaban J connectivity index is 2.14. The van der Waals surface area contributed by atoms with E-state index in [2.05, 4.69) is 6.92 Å². The highest BCUT2D eigenvalue weighted by molar-refractivity contribution is 5.76. The summed E-state index contributed by atoms with van der Waals surface area (Å²) in [4.78, 5) is 10.7. The van der Waals surface area contributed by atoms with Crippen molar-refractivity contribution in [2.45, 2.75) is 26.2 Å². The summed E-state index contributed by atoms with van der Waals surface area (Å²) in [5.41, 5.74) is 2.10. The Labute approximate surface area is 124 Å². The van der Waals surface area contributed by atoms with Gasteiger partial charge in [-0.05, 0) is 48.7 Å². The van der Waals surface area contributed by atoms with Crippen LogP contribution in [0, 0.1) is 11.3 Å². The van der Waals surface area contributed by atoms with Gasteiger partial charge in [-0.25, -0.2) is 0 Å². The average Bonchev–Trinajstić information content (AvgIpc) is 2.54. The zero-order valence-corrected chi connectivity index (χ0v) is 12.0. The Hall–Kier alpha value is -2.60. The molecule has 0 aliphatic rings. The van der Waals surface area contributed by atoms with Crippen molar-refractivity contribution >= 4 is 6.29 Å². The third-order valence-corrected chi connectivity index (χ3v) is 3.23. The quantitative estimate of drug-likeness (QED) is 0.731. The van der Waals surface area contributed by atoms with Crippen LogP contribution in [-0.2, 0) is 6.42 Å². The maximum Gasteiger partial charge on any atom is 0.150 e. The van der Waals surface area contributed by atoms with Crippen LogP contribution in [0.3, 0.4) is 0 Å². The van der Waals surface area contributed by atoms with Gasteiger partial charge in [0.15, 0.2) is 0 Å². The average molecular weight is 279 g/mol. The molecule has 21 heavy (non-hydrogen) atoms. The van der Waals surface area contributed by atoms with Crippen LogP contribution < -0.4 is 4.74 Å². The lowest BCUT2D eigenvalue weighted by Gasteiger charge is -2.08. The molecule has 0 heterocycles. The van der Waals surface area contributed by atoms with Gasteiger partial charge in [-0.1, -0.05) is 25.5 Å². The van der Waals surface area contributed by atoms with Gasteiger partial charge in [0.05, 0.1) is 5.56 Å². The Morgan fingerprint density at radius 2 is 1.95 bits per heavy atom. The second-order valence-electron chi connectivity index (χ2n) is 4.83. The van der Waals surface area contributed by atoms with Crippen molar-refractivity contribution in [2.24, 2.45) is 0 Å². The van der Waals surface area contributed by atoms with E-state index in [4.69, 9.17) is 10.00 Å². The number of unbranched alkanes of at least 4 members (excludes halogenated alkanes) is 1. The van der Waals surface area contributed by atoms with Crippen molar-refractivity contribution in [3.8, 4) is 17.6 Å². The molecule has 0 saturated carbocycles. The van der Waals surface area contributed by atoms with Crippen LogP contribution in [0.2, 0.25) is 0 Å². The van der Waals surface area contributed by atoms with Crippen molar-refractivity contribution in [2.75, 3.05) is 0 Å². The molecule has 0 spiro atoms. The molecule has 0 amide bonds. The molecule has 3 nitrogen and oxygen atoms in total. The number of carbonyl (C=O) groups is 1. The predicted octanol–water partition coefficient (Wildman–Crippen LogP) is 4.51. The Bertz CT molecular complexity index is 654. The number of hydrogen-bond donors (Lipinski definition) is 0. The smallest absolute Gasteiger partial charge is 0.150 e. The normalized spacial score (nSPS) is 9.90. The van der Waals surface area contributed by atoms with E-state index in [1.54, 1.807) is 12.1 Å². The number of aldehydes is 1. The van der Waals surface area contributed by atoms with Gasteiger partial charge in [0, 0.05) is 5.56 Å². The number of hydrogen-bond acceptors (Lipinski definition) is 3. The largest absolute Gasteiger partial charge is 0.456 e. The zero-order valence-electron chi connectivity index (χ0n) is 12.0. The highest BCUT2D eigenvalue weighted by Gasteiger charge is 2.06. The van der Waals surface area contributed by atoms with Gasteiger partial charge in [0.1, 0.15) is 23.9 Å². The second kappa shape index (κ2) is 7.25. The van der Waals surface area contributed by atoms with Crippen LogP contribution in [0.1, 0.15) is 41.3 Å². The minimum atomic E-state index is 0.356. The highest BCUT2D eigenvalue weighted by Crippen LogP contribution is 2.26. The minimum Gasteiger partial charge on any atom is -0.456 e. The molecule has 0 aliphatic heterocycles. The van der Waals surface area contributed by atoms with Gasteiger partial charge >= 0.3 is 0 Å². The number of ether oxygens (including phenoxy) is 1. The molecule has 3 heteroatoms. The maximum absolute atomic E-state index is 10.7. The molecule has 0 bridgehead atoms. The number of benzene rings is 2. The molecule has 0 radical (unpaired) electrons. The van der Waals surface area contributed by atoms with E-state index >= 15 is 0 Å². The first-order valence-corrected chi connectivity index (χ1v) is 7.03. The van der Waals surface area contributed by atoms with Crippen molar-refractivity contribution in [3.05, 3.63) is 59.2 Å². The predicted molar refractivity (Wildman–Crippen MR) is 81.7 cm³/mol. The van der Waals surface area contributed by atoms with E-state index in [0.29, 0.717) is 28.9 Å². The summed E-state index contributed by atoms with van der Waals surface area (Å²) in [5, 5.41) is 9.11. The summed E-state index contributed by atoms with van der Waals surface area (Å²) in [6.45, 7) is 2.17. The third kappa shape index (κ3) is 3.93. The molecular weight excluding hydrogens is 262 g/mol. The Morgan fingerprint density at radius 1 is 1.19 bits per heavy atom. The van der Waals surface area contributed by atoms with Crippen molar-refractivity contribution in [1.29, 1.82) is 5.26 Å². The number of aryl methyl sites for hydroxylation is 1. The lowest BCUT2D eigenvalue weighted by Crippen LogP contribution is -1.91. The molecule has 0 atom stereocenters. The van der Waals surface area contributed by atoms with Crippen molar-refractivity contribution in [3.63, 3.8) is 0 Å². The van der Waals surface area contributed by atoms with Crippen LogP contribution >= 0.6 is 0 Å². The number of carbonyl (C=O) groups excluding carboxylic acids is 1. The summed E-state index contributed by atoms with van der Waals surface area (Å²) < 4.78 is 5.72. The molecule has 0 fully saturated rings. The molecule has 0 aliphatic carbocycles. The van der Waals surface area contributed by atoms with Gasteiger partial charge in [-0.3, -0.25) is 4.79 Å². The van der Waals surface area contributed by atoms with Crippen LogP contribution in [0.25, 0.3) is 0 Å². The molecule has 0 N–H and O–H groups in total. The molecule has 0 saturated heterocycles. The fourth-order valence-corrected chi connectivity index (χ4v) is 2.03. The monoisotopic (exact) mass is 279 g/mol. The first kappa shape index (κ1) is 14.8. The van der Waals surface area contributed by atoms with E-state index < -0.39 is 0 Å². The Kier molecular flexibility index (Phi) is 5.11. The summed E-state index contributed by atoms with van der Waals surface area (Å²) in [7, 11) is 0. The molecule has 106 valence electrons. The maximum atomic E-state index is 10.7. The molecule has 0 aromatic heterocycles. The summed E-state index contributed by atoms with van der Waals surface area (Å²) in [5.74, 6) is 1.15. The standard InChI is InChI=1S/C18H17NO2/c1-2-3-4-14-5-8-17(9-6-14)21-18-10-7-15(13-20)11-16(18)12-19/h5-11,13H,2-4H2,1H3. The van der Waals surface area contributed by atoms with Gasteiger partial charge < -0.3 is 4.74 Å². The molecule has 2 rings (SSSR count). The molecule has 2 aromatic rings. The SMILES string of the molecule is CCCCc1ccc(Oc2ccc(C=O)cc2C#N)cc1. The summed E-state index contributed by atoms with van der Waals surface area (Å²) >= 11 is 0. The number of nitriles is 1. The molecule has 2 aromatic carbocycles. The van der Waals surface area contributed by atoms with Gasteiger partial charge in [0.25, 0.3) is 0 Å². The van der Waals surface area contributed by atoms with E-state index in [0.717, 1.165) is 6.42 Å². The van der Waals surface area contributed by atoms with E-state index in [9.17, 15) is 4.79 Å². The lowest BCUT2D eigenvalue weighted by molar-refractivity contribution is 0.112. The fourth-order valence-electron chi connectivity index (χ4n) is 2.03. The topological polar surface area (TPSA) is 50.1 Å². The molecule has 0 unspecified atom stereocenters. The lowest BCUT2D eigenvalue weighted by atomic mass is 10.1. The van der Waals surface area contributed by atoms with Crippen molar-refractivity contribution in [1.82, 2.24) is 0 Å². The first-order valence-electron chi connectivity index (χ1n) is 7.03. The zero-order chi connectivity index (χ0) is 15.1. The van der Waals surface area contributed by atoms with E-state index in [-0.39, 0.29) is 0 Å². The third-order valence-electron chi connectivity index (χ3n) is 3.23. The first-order chi connectivity index (χ1) is 10.3. The van der Waals surface area contributed by atoms with Crippen LogP contribution in [-0.4, -0.2) is 6.29 Å².